The Balaban J connectivity index is 3.43. The lowest BCUT2D eigenvalue weighted by Gasteiger charge is -1.87. The molecule has 13 heavy (non-hydrogen) atoms. The molecule has 0 aromatic rings. The van der Waals surface area contributed by atoms with Gasteiger partial charge in [0, 0.05) is 12.2 Å². The van der Waals surface area contributed by atoms with Crippen molar-refractivity contribution in [2.45, 2.75) is 19.3 Å². The van der Waals surface area contributed by atoms with E-state index in [1.165, 1.54) is 0 Å². The van der Waals surface area contributed by atoms with E-state index in [0.717, 1.165) is 25.5 Å². The maximum Gasteiger partial charge on any atom is 0.149 e. The fourth-order valence-corrected chi connectivity index (χ4v) is 0.760. The Hall–Kier alpha value is -1.15. The minimum Gasteiger partial charge on any atom is -0.396 e. The number of unbranched alkanes of at least 4 members (excludes halogenated alkanes) is 1. The second kappa shape index (κ2) is 8.94. The number of carbonyl (C=O) groups excluding carboxylic acids is 1. The van der Waals surface area contributed by atoms with Gasteiger partial charge in [0.1, 0.15) is 6.29 Å². The van der Waals surface area contributed by atoms with Crippen LogP contribution in [0.2, 0.25) is 0 Å². The highest BCUT2D eigenvalue weighted by Crippen LogP contribution is 1.94. The van der Waals surface area contributed by atoms with E-state index >= 15 is 0 Å². The van der Waals surface area contributed by atoms with Gasteiger partial charge in [-0.3, -0.25) is 4.79 Å². The van der Waals surface area contributed by atoms with Gasteiger partial charge in [-0.15, -0.1) is 0 Å². The zero-order chi connectivity index (χ0) is 9.94. The monoisotopic (exact) mass is 180 g/mol. The summed E-state index contributed by atoms with van der Waals surface area (Å²) in [5.41, 5.74) is 0.490. The highest BCUT2D eigenvalue weighted by Gasteiger charge is 1.80. The molecule has 2 heteroatoms. The first kappa shape index (κ1) is 11.8. The van der Waals surface area contributed by atoms with Crippen molar-refractivity contribution in [1.82, 2.24) is 0 Å². The lowest BCUT2D eigenvalue weighted by atomic mass is 10.2. The summed E-state index contributed by atoms with van der Waals surface area (Å²) < 4.78 is 0. The molecule has 72 valence electrons. The molecule has 2 nitrogen and oxygen atoms in total. The maximum atomic E-state index is 10.1. The SMILES string of the molecule is C=C(C=O)/C=C\C/C=C\CCCO. The summed E-state index contributed by atoms with van der Waals surface area (Å²) >= 11 is 0. The van der Waals surface area contributed by atoms with Crippen molar-refractivity contribution >= 4 is 6.29 Å². The summed E-state index contributed by atoms with van der Waals surface area (Å²) in [6.07, 6.45) is 10.8. The van der Waals surface area contributed by atoms with Crippen LogP contribution < -0.4 is 0 Å². The highest BCUT2D eigenvalue weighted by atomic mass is 16.2. The molecule has 0 radical (unpaired) electrons. The van der Waals surface area contributed by atoms with E-state index in [-0.39, 0.29) is 6.61 Å². The molecule has 0 bridgehead atoms. The van der Waals surface area contributed by atoms with Gasteiger partial charge in [0.15, 0.2) is 0 Å². The summed E-state index contributed by atoms with van der Waals surface area (Å²) in [6, 6.07) is 0. The van der Waals surface area contributed by atoms with Crippen LogP contribution in [0, 0.1) is 0 Å². The van der Waals surface area contributed by atoms with Crippen LogP contribution in [-0.4, -0.2) is 18.0 Å². The molecule has 0 fully saturated rings. The molecule has 0 saturated carbocycles. The summed E-state index contributed by atoms with van der Waals surface area (Å²) in [4.78, 5) is 10.1. The van der Waals surface area contributed by atoms with E-state index in [0.29, 0.717) is 5.57 Å². The van der Waals surface area contributed by atoms with E-state index in [4.69, 9.17) is 5.11 Å². The molecule has 1 N–H and O–H groups in total. The van der Waals surface area contributed by atoms with Crippen LogP contribution in [0.3, 0.4) is 0 Å². The van der Waals surface area contributed by atoms with Gasteiger partial charge in [-0.25, -0.2) is 0 Å². The van der Waals surface area contributed by atoms with Crippen molar-refractivity contribution in [2.75, 3.05) is 6.61 Å². The van der Waals surface area contributed by atoms with Crippen LogP contribution >= 0.6 is 0 Å². The first-order valence-corrected chi connectivity index (χ1v) is 4.37. The van der Waals surface area contributed by atoms with Gasteiger partial charge in [-0.1, -0.05) is 30.9 Å². The molecular formula is C11H16O2. The molecule has 0 unspecified atom stereocenters. The average Bonchev–Trinajstić information content (AvgIpc) is 2.16. The fraction of sp³-hybridized carbons (Fsp3) is 0.364. The van der Waals surface area contributed by atoms with Gasteiger partial charge in [0.05, 0.1) is 0 Å². The van der Waals surface area contributed by atoms with Crippen LogP contribution in [-0.2, 0) is 4.79 Å². The quantitative estimate of drug-likeness (QED) is 0.214. The molecule has 0 spiro atoms. The third-order valence-electron chi connectivity index (χ3n) is 1.45. The molecule has 0 aliphatic rings. The number of allylic oxidation sites excluding steroid dienone is 5. The van der Waals surface area contributed by atoms with Gasteiger partial charge in [-0.05, 0) is 19.3 Å². The van der Waals surface area contributed by atoms with Crippen molar-refractivity contribution in [1.29, 1.82) is 0 Å². The van der Waals surface area contributed by atoms with Crippen molar-refractivity contribution in [2.24, 2.45) is 0 Å². The zero-order valence-corrected chi connectivity index (χ0v) is 7.78. The van der Waals surface area contributed by atoms with E-state index in [9.17, 15) is 4.79 Å². The first-order valence-electron chi connectivity index (χ1n) is 4.37. The Bertz CT molecular complexity index is 202. The summed E-state index contributed by atoms with van der Waals surface area (Å²) in [5.74, 6) is 0. The molecule has 0 saturated heterocycles. The molecule has 0 amide bonds. The van der Waals surface area contributed by atoms with E-state index < -0.39 is 0 Å². The maximum absolute atomic E-state index is 10.1. The molecule has 0 heterocycles. The molecule has 0 rings (SSSR count). The minimum atomic E-state index is 0.238. The van der Waals surface area contributed by atoms with Crippen molar-refractivity contribution < 1.29 is 9.90 Å². The standard InChI is InChI=1S/C11H16O2/c1-11(10-13)8-6-4-2-3-5-7-9-12/h2-3,6,8,10,12H,1,4-5,7,9H2/b3-2-,8-6-. The van der Waals surface area contributed by atoms with Crippen LogP contribution in [0.4, 0.5) is 0 Å². The Morgan fingerprint density at radius 2 is 2.08 bits per heavy atom. The Morgan fingerprint density at radius 3 is 2.69 bits per heavy atom. The Kier molecular flexibility index (Phi) is 8.15. The van der Waals surface area contributed by atoms with Gasteiger partial charge >= 0.3 is 0 Å². The van der Waals surface area contributed by atoms with Gasteiger partial charge < -0.3 is 5.11 Å². The Morgan fingerprint density at radius 1 is 1.31 bits per heavy atom. The predicted molar refractivity (Wildman–Crippen MR) is 54.4 cm³/mol. The number of aldehydes is 1. The third-order valence-corrected chi connectivity index (χ3v) is 1.45. The number of carbonyl (C=O) groups is 1. The number of aliphatic hydroxyl groups is 1. The predicted octanol–water partition coefficient (Wildman–Crippen LogP) is 2.02. The summed E-state index contributed by atoms with van der Waals surface area (Å²) in [6.45, 7) is 3.75. The van der Waals surface area contributed by atoms with E-state index in [2.05, 4.69) is 6.58 Å². The first-order chi connectivity index (χ1) is 6.31. The summed E-state index contributed by atoms with van der Waals surface area (Å²) in [7, 11) is 0. The molecule has 0 aromatic carbocycles. The smallest absolute Gasteiger partial charge is 0.149 e. The normalized spacial score (nSPS) is 11.2. The second-order valence-corrected chi connectivity index (χ2v) is 2.67. The lowest BCUT2D eigenvalue weighted by molar-refractivity contribution is -0.104. The van der Waals surface area contributed by atoms with Gasteiger partial charge in [0.25, 0.3) is 0 Å². The molecule has 0 aliphatic carbocycles. The van der Waals surface area contributed by atoms with Crippen molar-refractivity contribution in [3.63, 3.8) is 0 Å². The second-order valence-electron chi connectivity index (χ2n) is 2.67. The van der Waals surface area contributed by atoms with E-state index in [1.54, 1.807) is 6.08 Å². The molecule has 0 aliphatic heterocycles. The number of aliphatic hydroxyl groups excluding tert-OH is 1. The third kappa shape index (κ3) is 8.76. The fourth-order valence-electron chi connectivity index (χ4n) is 0.760. The van der Waals surface area contributed by atoms with Gasteiger partial charge in [-0.2, -0.15) is 0 Å². The van der Waals surface area contributed by atoms with E-state index in [1.807, 2.05) is 18.2 Å². The average molecular weight is 180 g/mol. The molecule has 0 aromatic heterocycles. The number of rotatable bonds is 7. The number of hydrogen-bond acceptors (Lipinski definition) is 2. The molecular weight excluding hydrogens is 164 g/mol. The van der Waals surface area contributed by atoms with Crippen LogP contribution in [0.25, 0.3) is 0 Å². The van der Waals surface area contributed by atoms with Crippen LogP contribution in [0.5, 0.6) is 0 Å². The highest BCUT2D eigenvalue weighted by molar-refractivity contribution is 5.76. The van der Waals surface area contributed by atoms with Crippen molar-refractivity contribution in [3.8, 4) is 0 Å². The van der Waals surface area contributed by atoms with Crippen LogP contribution in [0.1, 0.15) is 19.3 Å². The topological polar surface area (TPSA) is 37.3 Å². The minimum absolute atomic E-state index is 0.238. The van der Waals surface area contributed by atoms with Gasteiger partial charge in [0.2, 0.25) is 0 Å². The summed E-state index contributed by atoms with van der Waals surface area (Å²) in [5, 5.41) is 8.48. The molecule has 0 atom stereocenters. The number of hydrogen-bond donors (Lipinski definition) is 1. The largest absolute Gasteiger partial charge is 0.396 e. The van der Waals surface area contributed by atoms with Crippen molar-refractivity contribution in [3.05, 3.63) is 36.5 Å². The van der Waals surface area contributed by atoms with Crippen LogP contribution in [0.15, 0.2) is 36.5 Å². The lowest BCUT2D eigenvalue weighted by Crippen LogP contribution is -1.78. The zero-order valence-electron chi connectivity index (χ0n) is 7.78. The Labute approximate surface area is 79.3 Å².